The first kappa shape index (κ1) is 20.3. The van der Waals surface area contributed by atoms with Gasteiger partial charge in [0.25, 0.3) is 11.1 Å². The number of hydrogen-bond donors (Lipinski definition) is 0. The molecule has 0 N–H and O–H groups in total. The van der Waals surface area contributed by atoms with E-state index in [2.05, 4.69) is 24.3 Å². The van der Waals surface area contributed by atoms with Gasteiger partial charge in [0.2, 0.25) is 0 Å². The van der Waals surface area contributed by atoms with Crippen molar-refractivity contribution in [3.63, 3.8) is 0 Å². The summed E-state index contributed by atoms with van der Waals surface area (Å²) >= 11 is 1.69. The molecule has 6 rings (SSSR count). The van der Waals surface area contributed by atoms with Crippen molar-refractivity contribution in [1.82, 2.24) is 4.57 Å². The van der Waals surface area contributed by atoms with Crippen LogP contribution in [0, 0.1) is 5.21 Å². The molecular formula is C27H22N2O3S. The number of quaternary nitrogens is 1. The van der Waals surface area contributed by atoms with E-state index < -0.39 is 4.65 Å². The third-order valence-corrected chi connectivity index (χ3v) is 7.65. The van der Waals surface area contributed by atoms with E-state index in [1.54, 1.807) is 25.4 Å². The zero-order valence-corrected chi connectivity index (χ0v) is 19.2. The minimum Gasteiger partial charge on any atom is -0.633 e. The largest absolute Gasteiger partial charge is 0.633 e. The Morgan fingerprint density at radius 2 is 1.39 bits per heavy atom. The molecule has 0 spiro atoms. The van der Waals surface area contributed by atoms with Gasteiger partial charge in [0, 0.05) is 49.3 Å². The average Bonchev–Trinajstić information content (AvgIpc) is 2.79. The summed E-state index contributed by atoms with van der Waals surface area (Å²) in [6.45, 7) is 0.589. The number of nitrogens with zero attached hydrogens (tertiary/aromatic N) is 2. The molecule has 0 unspecified atom stereocenters. The number of rotatable bonds is 4. The number of benzene rings is 4. The fourth-order valence-electron chi connectivity index (χ4n) is 5.04. The minimum absolute atomic E-state index is 0.244. The second-order valence-electron chi connectivity index (χ2n) is 9.20. The summed E-state index contributed by atoms with van der Waals surface area (Å²) in [5.74, 6) is 0. The Bertz CT molecular complexity index is 1790. The first-order valence-corrected chi connectivity index (χ1v) is 11.8. The summed E-state index contributed by atoms with van der Waals surface area (Å²) in [6, 6.07) is 20.3. The van der Waals surface area contributed by atoms with Crippen LogP contribution in [0.3, 0.4) is 0 Å². The summed E-state index contributed by atoms with van der Waals surface area (Å²) in [7, 11) is 3.13. The summed E-state index contributed by atoms with van der Waals surface area (Å²) in [5, 5.41) is 19.3. The quantitative estimate of drug-likeness (QED) is 0.154. The first-order valence-electron chi connectivity index (χ1n) is 11.0. The predicted octanol–water partition coefficient (Wildman–Crippen LogP) is 5.44. The zero-order valence-electron chi connectivity index (χ0n) is 18.4. The van der Waals surface area contributed by atoms with Crippen LogP contribution in [0.15, 0.2) is 70.3 Å². The van der Waals surface area contributed by atoms with Crippen molar-refractivity contribution in [2.24, 2.45) is 0 Å². The molecular weight excluding hydrogens is 432 g/mol. The summed E-state index contributed by atoms with van der Waals surface area (Å²) in [4.78, 5) is 26.7. The van der Waals surface area contributed by atoms with Gasteiger partial charge >= 0.3 is 0 Å². The third-order valence-electron chi connectivity index (χ3n) is 6.53. The molecule has 6 heteroatoms. The molecule has 0 bridgehead atoms. The van der Waals surface area contributed by atoms with Crippen molar-refractivity contribution in [3.05, 3.63) is 86.6 Å². The van der Waals surface area contributed by atoms with Gasteiger partial charge in [-0.25, -0.2) is 0 Å². The lowest BCUT2D eigenvalue weighted by atomic mass is 9.95. The normalized spacial score (nSPS) is 12.7. The van der Waals surface area contributed by atoms with Gasteiger partial charge in [-0.05, 0) is 40.4 Å². The molecule has 0 aliphatic rings. The molecule has 5 nitrogen and oxygen atoms in total. The number of fused-ring (bicyclic) bond motifs is 4. The highest BCUT2D eigenvalue weighted by Gasteiger charge is 2.19. The van der Waals surface area contributed by atoms with Crippen molar-refractivity contribution in [2.45, 2.75) is 13.0 Å². The molecule has 0 saturated carbocycles. The average molecular weight is 455 g/mol. The van der Waals surface area contributed by atoms with E-state index in [1.807, 2.05) is 36.4 Å². The second-order valence-corrected chi connectivity index (χ2v) is 10.3. The van der Waals surface area contributed by atoms with Crippen LogP contribution >= 0.6 is 11.3 Å². The minimum atomic E-state index is -0.445. The van der Waals surface area contributed by atoms with E-state index in [0.717, 1.165) is 26.2 Å². The molecule has 6 aromatic rings. The van der Waals surface area contributed by atoms with Gasteiger partial charge in [-0.1, -0.05) is 36.4 Å². The molecule has 4 aromatic carbocycles. The molecule has 0 amide bonds. The van der Waals surface area contributed by atoms with Crippen molar-refractivity contribution in [2.75, 3.05) is 20.6 Å². The summed E-state index contributed by atoms with van der Waals surface area (Å²) in [5.41, 5.74) is -0.553. The second kappa shape index (κ2) is 7.09. The summed E-state index contributed by atoms with van der Waals surface area (Å²) < 4.78 is 3.10. The predicted molar refractivity (Wildman–Crippen MR) is 139 cm³/mol. The van der Waals surface area contributed by atoms with Crippen LogP contribution in [0.25, 0.3) is 52.5 Å². The van der Waals surface area contributed by atoms with E-state index in [9.17, 15) is 14.8 Å². The number of hydrogen-bond acceptors (Lipinski definition) is 4. The zero-order chi connectivity index (χ0) is 22.9. The van der Waals surface area contributed by atoms with E-state index in [0.29, 0.717) is 23.7 Å². The molecule has 0 fully saturated rings. The van der Waals surface area contributed by atoms with Crippen molar-refractivity contribution in [3.8, 4) is 0 Å². The van der Waals surface area contributed by atoms with Crippen LogP contribution in [-0.4, -0.2) is 29.9 Å². The van der Waals surface area contributed by atoms with Gasteiger partial charge in [0.05, 0.1) is 20.6 Å². The van der Waals surface area contributed by atoms with Gasteiger partial charge in [0.1, 0.15) is 0 Å². The molecule has 0 saturated heterocycles. The van der Waals surface area contributed by atoms with Crippen LogP contribution in [0.4, 0.5) is 0 Å². The van der Waals surface area contributed by atoms with E-state index in [1.165, 1.54) is 20.0 Å². The maximum absolute atomic E-state index is 13.4. The standard InChI is InChI=1S/C27H22N2O3S/c1-29(2,32)15-5-14-28-26(30)19-10-9-18-23-17-7-4-3-6-16(17)8-12-21(23)33-22-13-11-20(27(28)31)24(19)25(18)22/h3-4,6-13H,5,14-15H2,1-2H3. The first-order chi connectivity index (χ1) is 15.8. The highest BCUT2D eigenvalue weighted by atomic mass is 32.1. The molecule has 2 heterocycles. The van der Waals surface area contributed by atoms with Gasteiger partial charge < -0.3 is 9.85 Å². The van der Waals surface area contributed by atoms with E-state index in [-0.39, 0.29) is 17.7 Å². The van der Waals surface area contributed by atoms with Crippen molar-refractivity contribution >= 4 is 63.8 Å². The van der Waals surface area contributed by atoms with Crippen molar-refractivity contribution in [1.29, 1.82) is 0 Å². The van der Waals surface area contributed by atoms with Crippen LogP contribution in [0.2, 0.25) is 0 Å². The van der Waals surface area contributed by atoms with Crippen LogP contribution in [-0.2, 0) is 6.54 Å². The van der Waals surface area contributed by atoms with E-state index in [4.69, 9.17) is 0 Å². The number of aromatic nitrogens is 1. The molecule has 33 heavy (non-hydrogen) atoms. The lowest BCUT2D eigenvalue weighted by molar-refractivity contribution is -0.840. The van der Waals surface area contributed by atoms with Crippen LogP contribution < -0.4 is 11.1 Å². The van der Waals surface area contributed by atoms with Crippen molar-refractivity contribution < 1.29 is 4.65 Å². The molecule has 164 valence electrons. The smallest absolute Gasteiger partial charge is 0.261 e. The molecule has 0 atom stereocenters. The number of hydroxylamine groups is 3. The highest BCUT2D eigenvalue weighted by molar-refractivity contribution is 7.25. The Morgan fingerprint density at radius 3 is 2.15 bits per heavy atom. The Balaban J connectivity index is 1.70. The summed E-state index contributed by atoms with van der Waals surface area (Å²) in [6.07, 6.45) is 0.470. The highest BCUT2D eigenvalue weighted by Crippen LogP contribution is 2.42. The Labute approximate surface area is 193 Å². The van der Waals surface area contributed by atoms with Crippen LogP contribution in [0.5, 0.6) is 0 Å². The Hall–Kier alpha value is -3.32. The lowest BCUT2D eigenvalue weighted by Crippen LogP contribution is -2.37. The maximum Gasteiger partial charge on any atom is 0.261 e. The lowest BCUT2D eigenvalue weighted by Gasteiger charge is -2.33. The van der Waals surface area contributed by atoms with Gasteiger partial charge in [-0.3, -0.25) is 14.2 Å². The maximum atomic E-state index is 13.4. The fourth-order valence-corrected chi connectivity index (χ4v) is 6.19. The molecule has 0 aliphatic carbocycles. The Morgan fingerprint density at radius 1 is 0.758 bits per heavy atom. The van der Waals surface area contributed by atoms with Crippen LogP contribution in [0.1, 0.15) is 6.42 Å². The topological polar surface area (TPSA) is 62.1 Å². The van der Waals surface area contributed by atoms with Gasteiger partial charge in [-0.2, -0.15) is 0 Å². The number of pyridine rings is 1. The third kappa shape index (κ3) is 3.06. The van der Waals surface area contributed by atoms with Gasteiger partial charge in [-0.15, -0.1) is 11.3 Å². The molecule has 0 aliphatic heterocycles. The molecule has 2 aromatic heterocycles. The monoisotopic (exact) mass is 454 g/mol. The molecule has 0 radical (unpaired) electrons. The van der Waals surface area contributed by atoms with Gasteiger partial charge in [0.15, 0.2) is 0 Å². The Kier molecular flexibility index (Phi) is 4.36. The van der Waals surface area contributed by atoms with E-state index >= 15 is 0 Å². The fraction of sp³-hybridized carbons (Fsp3) is 0.185. The SMILES string of the molecule is C[N+](C)([O-])CCCn1c(=O)c2ccc3sc4ccc5ccccc5c4c4ccc(c1=O)c2c34.